The highest BCUT2D eigenvalue weighted by molar-refractivity contribution is 5.66. The maximum absolute atomic E-state index is 11.0. The van der Waals surface area contributed by atoms with Gasteiger partial charge in [0.05, 0.1) is 7.11 Å². The van der Waals surface area contributed by atoms with Gasteiger partial charge in [0.2, 0.25) is 0 Å². The van der Waals surface area contributed by atoms with Crippen LogP contribution in [-0.2, 0) is 16.0 Å². The molecule has 1 fully saturated rings. The van der Waals surface area contributed by atoms with E-state index in [1.807, 2.05) is 24.3 Å². The van der Waals surface area contributed by atoms with E-state index in [9.17, 15) is 4.79 Å². The van der Waals surface area contributed by atoms with Crippen LogP contribution in [0.3, 0.4) is 0 Å². The van der Waals surface area contributed by atoms with Gasteiger partial charge in [0, 0.05) is 13.0 Å². The summed E-state index contributed by atoms with van der Waals surface area (Å²) in [4.78, 5) is 11.0. The lowest BCUT2D eigenvalue weighted by Crippen LogP contribution is -2.35. The number of carbonyl (C=O) groups is 1. The molecule has 1 heterocycles. The number of hydrogen-bond donors (Lipinski definition) is 1. The van der Waals surface area contributed by atoms with Crippen molar-refractivity contribution in [3.8, 4) is 5.75 Å². The zero-order valence-electron chi connectivity index (χ0n) is 10.8. The normalized spacial score (nSPS) is 22.8. The molecule has 1 saturated heterocycles. The van der Waals surface area contributed by atoms with E-state index in [-0.39, 0.29) is 18.1 Å². The molecule has 1 aliphatic rings. The van der Waals surface area contributed by atoms with E-state index >= 15 is 0 Å². The van der Waals surface area contributed by atoms with Crippen molar-refractivity contribution in [3.63, 3.8) is 0 Å². The summed E-state index contributed by atoms with van der Waals surface area (Å²) in [6, 6.07) is 8.20. The van der Waals surface area contributed by atoms with Gasteiger partial charge in [-0.2, -0.15) is 0 Å². The molecule has 4 nitrogen and oxygen atoms in total. The Hall–Kier alpha value is -1.55. The van der Waals surface area contributed by atoms with Crippen molar-refractivity contribution < 1.29 is 14.3 Å². The first-order valence-corrected chi connectivity index (χ1v) is 6.22. The van der Waals surface area contributed by atoms with Gasteiger partial charge in [0.15, 0.2) is 0 Å². The number of esters is 1. The van der Waals surface area contributed by atoms with Crippen LogP contribution in [0.2, 0.25) is 0 Å². The Bertz CT molecular complexity index is 402. The van der Waals surface area contributed by atoms with Gasteiger partial charge in [0.1, 0.15) is 11.9 Å². The van der Waals surface area contributed by atoms with Crippen molar-refractivity contribution in [2.24, 2.45) is 0 Å². The molecule has 1 aromatic rings. The Morgan fingerprint density at radius 1 is 1.39 bits per heavy atom. The van der Waals surface area contributed by atoms with E-state index in [2.05, 4.69) is 5.32 Å². The number of ether oxygens (including phenoxy) is 2. The molecular formula is C14H19NO3. The van der Waals surface area contributed by atoms with Crippen LogP contribution in [0.5, 0.6) is 5.75 Å². The lowest BCUT2D eigenvalue weighted by Gasteiger charge is -2.19. The quantitative estimate of drug-likeness (QED) is 0.822. The highest BCUT2D eigenvalue weighted by Crippen LogP contribution is 2.18. The molecule has 98 valence electrons. The Labute approximate surface area is 107 Å². The Balaban J connectivity index is 1.96. The number of hydrogen-bond acceptors (Lipinski definition) is 4. The predicted molar refractivity (Wildman–Crippen MR) is 68.7 cm³/mol. The standard InChI is InChI=1S/C14H19NO3/c1-10(16)18-14-7-8-15-13(14)9-11-3-5-12(17-2)6-4-11/h3-6,13-15H,7-9H2,1-2H3/t13-,14-/m1/s1. The first kappa shape index (κ1) is 12.9. The second kappa shape index (κ2) is 5.87. The van der Waals surface area contributed by atoms with Gasteiger partial charge in [-0.05, 0) is 37.1 Å². The fraction of sp³-hybridized carbons (Fsp3) is 0.500. The summed E-state index contributed by atoms with van der Waals surface area (Å²) in [5.41, 5.74) is 1.22. The summed E-state index contributed by atoms with van der Waals surface area (Å²) < 4.78 is 10.4. The Morgan fingerprint density at radius 2 is 2.11 bits per heavy atom. The number of rotatable bonds is 4. The van der Waals surface area contributed by atoms with Gasteiger partial charge in [-0.3, -0.25) is 4.79 Å². The zero-order valence-corrected chi connectivity index (χ0v) is 10.8. The summed E-state index contributed by atoms with van der Waals surface area (Å²) in [5, 5.41) is 3.38. The number of nitrogens with one attached hydrogen (secondary N) is 1. The lowest BCUT2D eigenvalue weighted by molar-refractivity contribution is -0.146. The largest absolute Gasteiger partial charge is 0.497 e. The summed E-state index contributed by atoms with van der Waals surface area (Å²) in [6.45, 7) is 2.36. The number of methoxy groups -OCH3 is 1. The van der Waals surface area contributed by atoms with Crippen molar-refractivity contribution in [2.75, 3.05) is 13.7 Å². The Kier molecular flexibility index (Phi) is 4.20. The van der Waals surface area contributed by atoms with E-state index in [0.29, 0.717) is 0 Å². The molecule has 0 spiro atoms. The lowest BCUT2D eigenvalue weighted by atomic mass is 10.0. The molecule has 1 aromatic carbocycles. The molecule has 4 heteroatoms. The van der Waals surface area contributed by atoms with E-state index < -0.39 is 0 Å². The molecule has 0 radical (unpaired) electrons. The Morgan fingerprint density at radius 3 is 2.72 bits per heavy atom. The second-order valence-electron chi connectivity index (χ2n) is 4.55. The van der Waals surface area contributed by atoms with Crippen molar-refractivity contribution >= 4 is 5.97 Å². The van der Waals surface area contributed by atoms with Crippen molar-refractivity contribution in [1.82, 2.24) is 5.32 Å². The van der Waals surface area contributed by atoms with Gasteiger partial charge in [-0.1, -0.05) is 12.1 Å². The van der Waals surface area contributed by atoms with Crippen LogP contribution >= 0.6 is 0 Å². The number of carbonyl (C=O) groups excluding carboxylic acids is 1. The highest BCUT2D eigenvalue weighted by atomic mass is 16.5. The molecule has 0 aliphatic carbocycles. The zero-order chi connectivity index (χ0) is 13.0. The average Bonchev–Trinajstić information content (AvgIpc) is 2.77. The van der Waals surface area contributed by atoms with Crippen molar-refractivity contribution in [2.45, 2.75) is 31.9 Å². The molecule has 0 saturated carbocycles. The smallest absolute Gasteiger partial charge is 0.302 e. The van der Waals surface area contributed by atoms with Crippen molar-refractivity contribution in [3.05, 3.63) is 29.8 Å². The third kappa shape index (κ3) is 3.23. The van der Waals surface area contributed by atoms with E-state index in [4.69, 9.17) is 9.47 Å². The van der Waals surface area contributed by atoms with Crippen LogP contribution in [-0.4, -0.2) is 31.8 Å². The van der Waals surface area contributed by atoms with Gasteiger partial charge in [-0.25, -0.2) is 0 Å². The van der Waals surface area contributed by atoms with E-state index in [1.165, 1.54) is 12.5 Å². The maximum atomic E-state index is 11.0. The van der Waals surface area contributed by atoms with Gasteiger partial charge in [0.25, 0.3) is 0 Å². The first-order valence-electron chi connectivity index (χ1n) is 6.22. The number of benzene rings is 1. The second-order valence-corrected chi connectivity index (χ2v) is 4.55. The molecule has 2 atom stereocenters. The SMILES string of the molecule is COc1ccc(C[C@H]2NCC[C@H]2OC(C)=O)cc1. The average molecular weight is 249 g/mol. The third-order valence-electron chi connectivity index (χ3n) is 3.22. The minimum absolute atomic E-state index is 0.00963. The van der Waals surface area contributed by atoms with Gasteiger partial charge in [-0.15, -0.1) is 0 Å². The molecule has 0 bridgehead atoms. The van der Waals surface area contributed by atoms with Crippen LogP contribution in [0.15, 0.2) is 24.3 Å². The fourth-order valence-electron chi connectivity index (χ4n) is 2.32. The topological polar surface area (TPSA) is 47.6 Å². The maximum Gasteiger partial charge on any atom is 0.302 e. The van der Waals surface area contributed by atoms with Gasteiger partial charge < -0.3 is 14.8 Å². The minimum Gasteiger partial charge on any atom is -0.497 e. The molecule has 0 amide bonds. The molecule has 18 heavy (non-hydrogen) atoms. The monoisotopic (exact) mass is 249 g/mol. The molecule has 0 aromatic heterocycles. The molecule has 1 aliphatic heterocycles. The fourth-order valence-corrected chi connectivity index (χ4v) is 2.32. The van der Waals surface area contributed by atoms with Crippen molar-refractivity contribution in [1.29, 1.82) is 0 Å². The first-order chi connectivity index (χ1) is 8.69. The third-order valence-corrected chi connectivity index (χ3v) is 3.22. The molecule has 2 rings (SSSR count). The van der Waals surface area contributed by atoms with Crippen LogP contribution in [0.4, 0.5) is 0 Å². The van der Waals surface area contributed by atoms with Crippen LogP contribution in [0.1, 0.15) is 18.9 Å². The van der Waals surface area contributed by atoms with Crippen LogP contribution in [0, 0.1) is 0 Å². The van der Waals surface area contributed by atoms with Gasteiger partial charge >= 0.3 is 5.97 Å². The highest BCUT2D eigenvalue weighted by Gasteiger charge is 2.29. The summed E-state index contributed by atoms with van der Waals surface area (Å²) >= 11 is 0. The molecule has 0 unspecified atom stereocenters. The van der Waals surface area contributed by atoms with Crippen LogP contribution in [0.25, 0.3) is 0 Å². The summed E-state index contributed by atoms with van der Waals surface area (Å²) in [7, 11) is 1.66. The summed E-state index contributed by atoms with van der Waals surface area (Å²) in [5.74, 6) is 0.651. The molecule has 1 N–H and O–H groups in total. The summed E-state index contributed by atoms with van der Waals surface area (Å²) in [6.07, 6.45) is 1.74. The van der Waals surface area contributed by atoms with E-state index in [1.54, 1.807) is 7.11 Å². The molecular weight excluding hydrogens is 230 g/mol. The van der Waals surface area contributed by atoms with Crippen LogP contribution < -0.4 is 10.1 Å². The van der Waals surface area contributed by atoms with E-state index in [0.717, 1.165) is 25.1 Å². The minimum atomic E-state index is -0.205. The predicted octanol–water partition coefficient (Wildman–Crippen LogP) is 1.53.